The molecule has 1 N–H and O–H groups in total. The number of hydrogen-bond acceptors (Lipinski definition) is 5. The number of hydrogen-bond donors (Lipinski definition) is 1. The molecule has 4 rings (SSSR count). The number of amides is 1. The molecule has 10 heteroatoms. The van der Waals surface area contributed by atoms with Crippen molar-refractivity contribution in [1.29, 1.82) is 0 Å². The van der Waals surface area contributed by atoms with Crippen LogP contribution in [0.3, 0.4) is 0 Å². The zero-order chi connectivity index (χ0) is 19.7. The van der Waals surface area contributed by atoms with Crippen LogP contribution in [0, 0.1) is 11.6 Å². The Hall–Kier alpha value is -3.40. The lowest BCUT2D eigenvalue weighted by Gasteiger charge is -2.11. The van der Waals surface area contributed by atoms with E-state index in [0.29, 0.717) is 17.4 Å². The quantitative estimate of drug-likeness (QED) is 0.555. The van der Waals surface area contributed by atoms with Gasteiger partial charge in [-0.15, -0.1) is 10.2 Å². The molecule has 28 heavy (non-hydrogen) atoms. The number of carbonyl (C=O) groups is 1. The van der Waals surface area contributed by atoms with Crippen molar-refractivity contribution < 1.29 is 13.6 Å². The van der Waals surface area contributed by atoms with Crippen LogP contribution < -0.4 is 5.32 Å². The Morgan fingerprint density at radius 1 is 1.21 bits per heavy atom. The van der Waals surface area contributed by atoms with Gasteiger partial charge in [-0.1, -0.05) is 18.3 Å². The van der Waals surface area contributed by atoms with Crippen molar-refractivity contribution >= 4 is 22.4 Å². The van der Waals surface area contributed by atoms with E-state index in [1.165, 1.54) is 28.3 Å². The van der Waals surface area contributed by atoms with Crippen LogP contribution in [0.4, 0.5) is 13.9 Å². The molecule has 0 bridgehead atoms. The van der Waals surface area contributed by atoms with Crippen LogP contribution in [0.25, 0.3) is 11.5 Å². The van der Waals surface area contributed by atoms with Gasteiger partial charge in [-0.25, -0.2) is 13.5 Å². The second-order valence-electron chi connectivity index (χ2n) is 5.79. The maximum absolute atomic E-state index is 14.3. The maximum Gasteiger partial charge on any atom is 0.262 e. The van der Waals surface area contributed by atoms with Gasteiger partial charge < -0.3 is 4.57 Å². The van der Waals surface area contributed by atoms with E-state index in [2.05, 4.69) is 20.6 Å². The summed E-state index contributed by atoms with van der Waals surface area (Å²) in [6.07, 6.45) is 5.44. The summed E-state index contributed by atoms with van der Waals surface area (Å²) in [4.78, 5) is 12.8. The summed E-state index contributed by atoms with van der Waals surface area (Å²) in [6, 6.07) is 6.69. The molecule has 1 amide bonds. The fourth-order valence-corrected chi connectivity index (χ4v) is 3.34. The lowest BCUT2D eigenvalue weighted by atomic mass is 10.2. The lowest BCUT2D eigenvalue weighted by Crippen LogP contribution is -2.15. The van der Waals surface area contributed by atoms with Crippen molar-refractivity contribution in [3.63, 3.8) is 0 Å². The number of nitrogens with one attached hydrogen (secondary N) is 1. The number of aromatic nitrogens is 5. The Bertz CT molecular complexity index is 1140. The summed E-state index contributed by atoms with van der Waals surface area (Å²) in [6.45, 7) is 1.94. The minimum absolute atomic E-state index is 0.0216. The van der Waals surface area contributed by atoms with Crippen LogP contribution >= 0.6 is 11.3 Å². The number of nitrogens with zero attached hydrogens (tertiary/aromatic N) is 5. The predicted octanol–water partition coefficient (Wildman–Crippen LogP) is 3.61. The van der Waals surface area contributed by atoms with E-state index >= 15 is 0 Å². The van der Waals surface area contributed by atoms with Crippen molar-refractivity contribution in [3.8, 4) is 11.5 Å². The minimum Gasteiger partial charge on any atom is -0.308 e. The molecular weight excluding hydrogens is 386 g/mol. The Morgan fingerprint density at radius 2 is 2.00 bits per heavy atom. The highest BCUT2D eigenvalue weighted by Gasteiger charge is 2.22. The van der Waals surface area contributed by atoms with Gasteiger partial charge in [0.15, 0.2) is 11.6 Å². The molecule has 0 aliphatic carbocycles. The monoisotopic (exact) mass is 400 g/mol. The van der Waals surface area contributed by atoms with E-state index in [4.69, 9.17) is 0 Å². The molecule has 1 aromatic carbocycles. The fraction of sp³-hybridized carbons (Fsp3) is 0.111. The third kappa shape index (κ3) is 3.29. The van der Waals surface area contributed by atoms with Gasteiger partial charge >= 0.3 is 0 Å². The van der Waals surface area contributed by atoms with Crippen LogP contribution in [-0.4, -0.2) is 30.5 Å². The van der Waals surface area contributed by atoms with Crippen LogP contribution in [0.15, 0.2) is 48.9 Å². The average molecular weight is 400 g/mol. The Labute approximate surface area is 162 Å². The standard InChI is InChI=1S/C18H14F2N6OS/c1-2-15-23-24-18(28-15)22-16(27)12-10-21-26(17(12)25-7-3-4-8-25)14-6-5-11(19)9-13(14)20/h3-10H,2H2,1H3,(H,22,24,27). The second kappa shape index (κ2) is 7.31. The number of halogens is 2. The molecule has 0 unspecified atom stereocenters. The number of anilines is 1. The Kier molecular flexibility index (Phi) is 4.70. The van der Waals surface area contributed by atoms with E-state index in [1.807, 2.05) is 6.92 Å². The van der Waals surface area contributed by atoms with Gasteiger partial charge in [0.1, 0.15) is 22.1 Å². The topological polar surface area (TPSA) is 77.6 Å². The van der Waals surface area contributed by atoms with Gasteiger partial charge in [0.2, 0.25) is 5.13 Å². The van der Waals surface area contributed by atoms with Gasteiger partial charge in [0.05, 0.1) is 6.20 Å². The highest BCUT2D eigenvalue weighted by atomic mass is 32.1. The molecule has 0 saturated heterocycles. The molecule has 0 aliphatic rings. The minimum atomic E-state index is -0.792. The number of benzene rings is 1. The van der Waals surface area contributed by atoms with Gasteiger partial charge in [0, 0.05) is 18.5 Å². The molecule has 0 fully saturated rings. The summed E-state index contributed by atoms with van der Waals surface area (Å²) in [7, 11) is 0. The zero-order valence-electron chi connectivity index (χ0n) is 14.6. The molecule has 0 aliphatic heterocycles. The highest BCUT2D eigenvalue weighted by molar-refractivity contribution is 7.15. The smallest absolute Gasteiger partial charge is 0.262 e. The third-order valence-corrected chi connectivity index (χ3v) is 4.95. The van der Waals surface area contributed by atoms with Crippen molar-refractivity contribution in [3.05, 3.63) is 71.1 Å². The van der Waals surface area contributed by atoms with Crippen molar-refractivity contribution in [2.45, 2.75) is 13.3 Å². The first-order chi connectivity index (χ1) is 13.6. The first-order valence-electron chi connectivity index (χ1n) is 8.37. The van der Waals surface area contributed by atoms with E-state index in [0.717, 1.165) is 17.1 Å². The van der Waals surface area contributed by atoms with Crippen LogP contribution in [-0.2, 0) is 6.42 Å². The van der Waals surface area contributed by atoms with E-state index < -0.39 is 17.5 Å². The molecule has 0 spiro atoms. The van der Waals surface area contributed by atoms with E-state index in [1.54, 1.807) is 29.1 Å². The summed E-state index contributed by atoms with van der Waals surface area (Å²) in [5, 5.41) is 15.9. The third-order valence-electron chi connectivity index (χ3n) is 3.97. The summed E-state index contributed by atoms with van der Waals surface area (Å²) >= 11 is 1.28. The first kappa shape index (κ1) is 18.0. The van der Waals surface area contributed by atoms with Gasteiger partial charge in [-0.2, -0.15) is 5.10 Å². The van der Waals surface area contributed by atoms with Crippen molar-refractivity contribution in [1.82, 2.24) is 24.5 Å². The second-order valence-corrected chi connectivity index (χ2v) is 6.85. The maximum atomic E-state index is 14.3. The van der Waals surface area contributed by atoms with Crippen LogP contribution in [0.5, 0.6) is 0 Å². The largest absolute Gasteiger partial charge is 0.308 e. The van der Waals surface area contributed by atoms with Crippen LogP contribution in [0.1, 0.15) is 22.3 Å². The molecule has 3 heterocycles. The van der Waals surface area contributed by atoms with Crippen molar-refractivity contribution in [2.75, 3.05) is 5.32 Å². The molecule has 3 aromatic heterocycles. The number of aryl methyl sites for hydroxylation is 1. The first-order valence-corrected chi connectivity index (χ1v) is 9.19. The summed E-state index contributed by atoms with van der Waals surface area (Å²) in [5.41, 5.74) is 0.224. The lowest BCUT2D eigenvalue weighted by molar-refractivity contribution is 0.102. The summed E-state index contributed by atoms with van der Waals surface area (Å²) in [5.74, 6) is -1.64. The molecular formula is C18H14F2N6OS. The Balaban J connectivity index is 1.77. The van der Waals surface area contributed by atoms with E-state index in [-0.39, 0.29) is 11.3 Å². The van der Waals surface area contributed by atoms with Crippen LogP contribution in [0.2, 0.25) is 0 Å². The number of carbonyl (C=O) groups excluding carboxylic acids is 1. The highest BCUT2D eigenvalue weighted by Crippen LogP contribution is 2.24. The van der Waals surface area contributed by atoms with Crippen molar-refractivity contribution in [2.24, 2.45) is 0 Å². The molecule has 0 atom stereocenters. The molecule has 142 valence electrons. The number of rotatable bonds is 5. The molecule has 7 nitrogen and oxygen atoms in total. The molecule has 0 saturated carbocycles. The predicted molar refractivity (Wildman–Crippen MR) is 100 cm³/mol. The zero-order valence-corrected chi connectivity index (χ0v) is 15.5. The average Bonchev–Trinajstić information content (AvgIpc) is 3.41. The van der Waals surface area contributed by atoms with Gasteiger partial charge in [0.25, 0.3) is 5.91 Å². The normalized spacial score (nSPS) is 11.0. The molecule has 4 aromatic rings. The molecule has 0 radical (unpaired) electrons. The van der Waals surface area contributed by atoms with E-state index in [9.17, 15) is 13.6 Å². The SMILES string of the molecule is CCc1nnc(NC(=O)c2cnn(-c3ccc(F)cc3F)c2-n2cccc2)s1. The van der Waals surface area contributed by atoms with Gasteiger partial charge in [-0.05, 0) is 30.7 Å². The van der Waals surface area contributed by atoms with Gasteiger partial charge in [-0.3, -0.25) is 10.1 Å². The fourth-order valence-electron chi connectivity index (χ4n) is 2.67. The summed E-state index contributed by atoms with van der Waals surface area (Å²) < 4.78 is 30.5. The Morgan fingerprint density at radius 3 is 2.68 bits per heavy atom.